The Kier molecular flexibility index (Phi) is 5.73. The maximum absolute atomic E-state index is 12.5. The van der Waals surface area contributed by atoms with Gasteiger partial charge in [-0.2, -0.15) is 0 Å². The number of hydrogen-bond donors (Lipinski definition) is 6. The Hall–Kier alpha value is -2.89. The average Bonchev–Trinajstić information content (AvgIpc) is 2.75. The number of carbonyl (C=O) groups is 1. The molecule has 1 fully saturated rings. The van der Waals surface area contributed by atoms with Crippen molar-refractivity contribution in [2.45, 2.75) is 43.2 Å². The lowest BCUT2D eigenvalue weighted by Crippen LogP contribution is -2.60. The molecule has 2 aliphatic rings. The first-order valence-electron chi connectivity index (χ1n) is 9.61. The van der Waals surface area contributed by atoms with Gasteiger partial charge in [-0.3, -0.25) is 4.79 Å². The molecule has 4 rings (SSSR count). The second kappa shape index (κ2) is 8.33. The van der Waals surface area contributed by atoms with Crippen LogP contribution in [0.3, 0.4) is 0 Å². The molecule has 0 saturated carbocycles. The van der Waals surface area contributed by atoms with Gasteiger partial charge in [0.05, 0.1) is 18.6 Å². The first-order chi connectivity index (χ1) is 14.8. The van der Waals surface area contributed by atoms with E-state index in [1.54, 1.807) is 0 Å². The normalized spacial score (nSPS) is 30.4. The Morgan fingerprint density at radius 2 is 1.74 bits per heavy atom. The summed E-state index contributed by atoms with van der Waals surface area (Å²) >= 11 is 0. The molecular weight excluding hydrogens is 412 g/mol. The Morgan fingerprint density at radius 1 is 0.968 bits per heavy atom. The van der Waals surface area contributed by atoms with E-state index in [9.17, 15) is 35.4 Å². The first-order valence-corrected chi connectivity index (χ1v) is 9.61. The molecule has 0 bridgehead atoms. The Bertz CT molecular complexity index is 975. The Morgan fingerprint density at radius 3 is 2.45 bits per heavy atom. The highest BCUT2D eigenvalue weighted by Gasteiger charge is 2.44. The van der Waals surface area contributed by atoms with Crippen molar-refractivity contribution in [1.29, 1.82) is 0 Å². The van der Waals surface area contributed by atoms with Gasteiger partial charge >= 0.3 is 0 Å². The highest BCUT2D eigenvalue weighted by molar-refractivity contribution is 6.00. The summed E-state index contributed by atoms with van der Waals surface area (Å²) in [6.07, 6.45) is -7.84. The van der Waals surface area contributed by atoms with Crippen molar-refractivity contribution >= 4 is 5.78 Å². The number of hydrogen-bond acceptors (Lipinski definition) is 10. The van der Waals surface area contributed by atoms with Crippen LogP contribution in [0.5, 0.6) is 23.0 Å². The van der Waals surface area contributed by atoms with Crippen molar-refractivity contribution in [3.05, 3.63) is 47.5 Å². The number of rotatable bonds is 4. The van der Waals surface area contributed by atoms with Gasteiger partial charge in [0.15, 0.2) is 17.3 Å². The molecule has 2 heterocycles. The predicted molar refractivity (Wildman–Crippen MR) is 103 cm³/mol. The van der Waals surface area contributed by atoms with Crippen molar-refractivity contribution < 1.29 is 49.6 Å². The molecule has 0 spiro atoms. The molecule has 2 aromatic carbocycles. The fourth-order valence-electron chi connectivity index (χ4n) is 3.60. The predicted octanol–water partition coefficient (Wildman–Crippen LogP) is -0.0170. The summed E-state index contributed by atoms with van der Waals surface area (Å²) in [5, 5.41) is 58.4. The molecule has 2 aliphatic heterocycles. The van der Waals surface area contributed by atoms with E-state index in [1.165, 1.54) is 36.4 Å². The van der Waals surface area contributed by atoms with Gasteiger partial charge in [0.1, 0.15) is 42.0 Å². The first kappa shape index (κ1) is 21.3. The van der Waals surface area contributed by atoms with Crippen molar-refractivity contribution in [2.24, 2.45) is 0 Å². The van der Waals surface area contributed by atoms with Gasteiger partial charge in [-0.25, -0.2) is 0 Å². The minimum absolute atomic E-state index is 0.0319. The molecule has 10 nitrogen and oxygen atoms in total. The zero-order valence-corrected chi connectivity index (χ0v) is 16.2. The Labute approximate surface area is 176 Å². The third-order valence-corrected chi connectivity index (χ3v) is 5.37. The second-order valence-electron chi connectivity index (χ2n) is 7.46. The quantitative estimate of drug-likeness (QED) is 0.360. The molecular formula is C21H22O10. The van der Waals surface area contributed by atoms with Crippen LogP contribution in [0.25, 0.3) is 0 Å². The van der Waals surface area contributed by atoms with Gasteiger partial charge in [-0.15, -0.1) is 0 Å². The maximum atomic E-state index is 12.5. The topological polar surface area (TPSA) is 166 Å². The van der Waals surface area contributed by atoms with Crippen LogP contribution >= 0.6 is 0 Å². The Balaban J connectivity index is 1.55. The van der Waals surface area contributed by atoms with Crippen LogP contribution in [0.15, 0.2) is 36.4 Å². The van der Waals surface area contributed by atoms with Crippen LogP contribution < -0.4 is 9.47 Å². The van der Waals surface area contributed by atoms with Crippen LogP contribution in [0.1, 0.15) is 28.4 Å². The summed E-state index contributed by atoms with van der Waals surface area (Å²) in [4.78, 5) is 12.5. The fraction of sp³-hybridized carbons (Fsp3) is 0.381. The number of phenolic OH excluding ortho intramolecular Hbond substituents is 2. The van der Waals surface area contributed by atoms with E-state index < -0.39 is 43.4 Å². The highest BCUT2D eigenvalue weighted by Crippen LogP contribution is 2.39. The number of aromatic hydroxyl groups is 2. The summed E-state index contributed by atoms with van der Waals surface area (Å²) in [5.41, 5.74) is 0.815. The van der Waals surface area contributed by atoms with E-state index in [0.717, 1.165) is 0 Å². The zero-order valence-electron chi connectivity index (χ0n) is 16.2. The van der Waals surface area contributed by atoms with E-state index in [0.29, 0.717) is 11.1 Å². The van der Waals surface area contributed by atoms with Crippen molar-refractivity contribution in [2.75, 3.05) is 6.61 Å². The molecule has 2 aromatic rings. The standard InChI is InChI=1S/C21H22O10/c22-8-17-18(26)19(27)20(28)21(31-17)29-10-2-3-11-13(24)7-15(30-16(11)6-10)9-1-4-12(23)14(25)5-9/h1-6,15,17-23,25-28H,7-8H2/t15-,17-,18-,19+,20-,21-/m0/s1. The van der Waals surface area contributed by atoms with E-state index in [1.807, 2.05) is 0 Å². The van der Waals surface area contributed by atoms with Crippen LogP contribution in [-0.2, 0) is 4.74 Å². The van der Waals surface area contributed by atoms with Gasteiger partial charge in [-0.05, 0) is 29.8 Å². The molecule has 0 radical (unpaired) electrons. The molecule has 10 heteroatoms. The number of ether oxygens (including phenoxy) is 3. The molecule has 0 amide bonds. The summed E-state index contributed by atoms with van der Waals surface area (Å²) in [5.74, 6) is -0.459. The molecule has 6 N–H and O–H groups in total. The zero-order chi connectivity index (χ0) is 22.3. The number of phenols is 2. The largest absolute Gasteiger partial charge is 0.504 e. The van der Waals surface area contributed by atoms with Gasteiger partial charge in [0.25, 0.3) is 0 Å². The lowest BCUT2D eigenvalue weighted by atomic mass is 9.96. The van der Waals surface area contributed by atoms with Gasteiger partial charge < -0.3 is 44.8 Å². The van der Waals surface area contributed by atoms with E-state index in [-0.39, 0.29) is 35.2 Å². The van der Waals surface area contributed by atoms with Crippen LogP contribution in [-0.4, -0.2) is 73.7 Å². The van der Waals surface area contributed by atoms with Gasteiger partial charge in [-0.1, -0.05) is 6.07 Å². The fourth-order valence-corrected chi connectivity index (χ4v) is 3.60. The molecule has 6 atom stereocenters. The second-order valence-corrected chi connectivity index (χ2v) is 7.46. The van der Waals surface area contributed by atoms with E-state index >= 15 is 0 Å². The van der Waals surface area contributed by atoms with E-state index in [4.69, 9.17) is 14.2 Å². The van der Waals surface area contributed by atoms with Crippen LogP contribution in [0, 0.1) is 0 Å². The summed E-state index contributed by atoms with van der Waals surface area (Å²) in [7, 11) is 0. The van der Waals surface area contributed by atoms with Crippen molar-refractivity contribution in [3.63, 3.8) is 0 Å². The number of carbonyl (C=O) groups excluding carboxylic acids is 1. The third-order valence-electron chi connectivity index (χ3n) is 5.37. The minimum atomic E-state index is -1.59. The van der Waals surface area contributed by atoms with Gasteiger partial charge in [0, 0.05) is 6.07 Å². The molecule has 31 heavy (non-hydrogen) atoms. The SMILES string of the molecule is O=C1C[C@@H](c2ccc(O)c(O)c2)Oc2cc(O[C@H]3O[C@@H](CO)[C@H](O)[C@@H](O)[C@@H]3O)ccc21. The summed E-state index contributed by atoms with van der Waals surface area (Å²) in [6, 6.07) is 8.52. The number of aliphatic hydroxyl groups is 4. The molecule has 1 saturated heterocycles. The van der Waals surface area contributed by atoms with Crippen LogP contribution in [0.2, 0.25) is 0 Å². The molecule has 0 unspecified atom stereocenters. The lowest BCUT2D eigenvalue weighted by molar-refractivity contribution is -0.277. The average molecular weight is 434 g/mol. The third kappa shape index (κ3) is 4.03. The van der Waals surface area contributed by atoms with Crippen molar-refractivity contribution in [1.82, 2.24) is 0 Å². The van der Waals surface area contributed by atoms with E-state index in [2.05, 4.69) is 0 Å². The number of benzene rings is 2. The molecule has 166 valence electrons. The summed E-state index contributed by atoms with van der Waals surface area (Å²) < 4.78 is 16.8. The monoisotopic (exact) mass is 434 g/mol. The maximum Gasteiger partial charge on any atom is 0.229 e. The lowest BCUT2D eigenvalue weighted by Gasteiger charge is -2.39. The number of aliphatic hydroxyl groups excluding tert-OH is 4. The van der Waals surface area contributed by atoms with Crippen LogP contribution in [0.4, 0.5) is 0 Å². The number of Topliss-reactive ketones (excluding diaryl/α,β-unsaturated/α-hetero) is 1. The smallest absolute Gasteiger partial charge is 0.229 e. The highest BCUT2D eigenvalue weighted by atomic mass is 16.7. The summed E-state index contributed by atoms with van der Waals surface area (Å²) in [6.45, 7) is -0.590. The number of ketones is 1. The number of fused-ring (bicyclic) bond motifs is 1. The van der Waals surface area contributed by atoms with Crippen molar-refractivity contribution in [3.8, 4) is 23.0 Å². The molecule has 0 aromatic heterocycles. The van der Waals surface area contributed by atoms with Gasteiger partial charge in [0.2, 0.25) is 6.29 Å². The minimum Gasteiger partial charge on any atom is -0.504 e. The molecule has 0 aliphatic carbocycles.